The first-order valence-corrected chi connectivity index (χ1v) is 9.54. The molecule has 0 aliphatic carbocycles. The van der Waals surface area contributed by atoms with Crippen molar-refractivity contribution >= 4 is 17.2 Å². The number of morpholine rings is 1. The molecule has 2 rings (SSSR count). The van der Waals surface area contributed by atoms with Gasteiger partial charge in [0.15, 0.2) is 0 Å². The normalized spacial score (nSPS) is 22.2. The van der Waals surface area contributed by atoms with Crippen LogP contribution >= 0.6 is 12.2 Å². The third kappa shape index (κ3) is 4.53. The van der Waals surface area contributed by atoms with Gasteiger partial charge >= 0.3 is 0 Å². The highest BCUT2D eigenvalue weighted by Crippen LogP contribution is 2.40. The summed E-state index contributed by atoms with van der Waals surface area (Å²) in [6, 6.07) is 4.13. The lowest BCUT2D eigenvalue weighted by atomic mass is 9.78. The van der Waals surface area contributed by atoms with E-state index in [2.05, 4.69) is 72.4 Å². The van der Waals surface area contributed by atoms with Crippen LogP contribution in [0, 0.1) is 0 Å². The summed E-state index contributed by atoms with van der Waals surface area (Å²) in [4.78, 5) is 3.08. The second-order valence-electron chi connectivity index (χ2n) is 9.39. The molecule has 1 aromatic rings. The second-order valence-corrected chi connectivity index (χ2v) is 9.77. The molecule has 0 bridgehead atoms. The number of hydrogen-bond donors (Lipinski definition) is 1. The zero-order valence-corrected chi connectivity index (χ0v) is 17.8. The highest BCUT2D eigenvalue weighted by Gasteiger charge is 2.29. The summed E-state index contributed by atoms with van der Waals surface area (Å²) in [7, 11) is 0. The summed E-state index contributed by atoms with van der Waals surface area (Å²) in [5.41, 5.74) is 2.62. The Morgan fingerprint density at radius 1 is 1.00 bits per heavy atom. The van der Waals surface area contributed by atoms with Crippen LogP contribution in [0.1, 0.15) is 72.1 Å². The first kappa shape index (κ1) is 20.2. The predicted molar refractivity (Wildman–Crippen MR) is 109 cm³/mol. The molecule has 25 heavy (non-hydrogen) atoms. The number of rotatable bonds is 1. The fourth-order valence-corrected chi connectivity index (χ4v) is 3.69. The monoisotopic (exact) mass is 363 g/mol. The van der Waals surface area contributed by atoms with Crippen molar-refractivity contribution in [1.82, 2.24) is 4.90 Å². The van der Waals surface area contributed by atoms with Gasteiger partial charge in [0, 0.05) is 29.8 Å². The van der Waals surface area contributed by atoms with Gasteiger partial charge in [-0.3, -0.25) is 0 Å². The summed E-state index contributed by atoms with van der Waals surface area (Å²) in [5.74, 6) is 0.398. The average Bonchev–Trinajstić information content (AvgIpc) is 2.43. The van der Waals surface area contributed by atoms with Crippen LogP contribution in [-0.4, -0.2) is 40.3 Å². The van der Waals surface area contributed by atoms with E-state index in [4.69, 9.17) is 17.0 Å². The molecule has 2 unspecified atom stereocenters. The lowest BCUT2D eigenvalue weighted by Gasteiger charge is -2.37. The molecule has 0 aromatic heterocycles. The topological polar surface area (TPSA) is 32.7 Å². The van der Waals surface area contributed by atoms with Crippen molar-refractivity contribution in [3.05, 3.63) is 28.8 Å². The highest BCUT2D eigenvalue weighted by atomic mass is 32.1. The number of nitrogens with zero attached hydrogens (tertiary/aromatic N) is 1. The Kier molecular flexibility index (Phi) is 5.56. The van der Waals surface area contributed by atoms with Gasteiger partial charge in [0.25, 0.3) is 0 Å². The fourth-order valence-electron chi connectivity index (χ4n) is 3.43. The number of hydrogen-bond acceptors (Lipinski definition) is 3. The smallest absolute Gasteiger partial charge is 0.123 e. The molecule has 140 valence electrons. The maximum absolute atomic E-state index is 10.9. The first-order valence-electron chi connectivity index (χ1n) is 9.13. The summed E-state index contributed by atoms with van der Waals surface area (Å²) >= 11 is 5.84. The van der Waals surface area contributed by atoms with Gasteiger partial charge in [-0.2, -0.15) is 0 Å². The predicted octanol–water partition coefficient (Wildman–Crippen LogP) is 4.77. The summed E-state index contributed by atoms with van der Waals surface area (Å²) < 4.78 is 5.84. The van der Waals surface area contributed by atoms with Crippen LogP contribution in [0.2, 0.25) is 0 Å². The van der Waals surface area contributed by atoms with E-state index in [9.17, 15) is 5.11 Å². The number of ether oxygens (including phenoxy) is 1. The summed E-state index contributed by atoms with van der Waals surface area (Å²) in [6.07, 6.45) is 0.339. The van der Waals surface area contributed by atoms with Gasteiger partial charge in [-0.05, 0) is 36.8 Å². The van der Waals surface area contributed by atoms with Crippen LogP contribution in [0.3, 0.4) is 0 Å². The molecular formula is C21H33NO2S. The Morgan fingerprint density at radius 2 is 1.40 bits per heavy atom. The van der Waals surface area contributed by atoms with E-state index >= 15 is 0 Å². The minimum Gasteiger partial charge on any atom is -0.507 e. The molecule has 3 nitrogen and oxygen atoms in total. The lowest BCUT2D eigenvalue weighted by Crippen LogP contribution is -2.47. The van der Waals surface area contributed by atoms with Gasteiger partial charge in [-0.1, -0.05) is 53.8 Å². The number of benzene rings is 1. The molecule has 1 aliphatic heterocycles. The number of phenols is 1. The molecule has 0 saturated carbocycles. The SMILES string of the molecule is CC1CN(C(=S)c2cc(C(C)(C)C)c(O)c(C(C)(C)C)c2)CC(C)O1. The lowest BCUT2D eigenvalue weighted by molar-refractivity contribution is -0.0472. The summed E-state index contributed by atoms with van der Waals surface area (Å²) in [5, 5.41) is 10.9. The molecule has 0 amide bonds. The van der Waals surface area contributed by atoms with Crippen molar-refractivity contribution < 1.29 is 9.84 Å². The van der Waals surface area contributed by atoms with E-state index in [1.165, 1.54) is 0 Å². The quantitative estimate of drug-likeness (QED) is 0.729. The van der Waals surface area contributed by atoms with Gasteiger partial charge in [0.2, 0.25) is 0 Å². The van der Waals surface area contributed by atoms with Crippen molar-refractivity contribution in [3.63, 3.8) is 0 Å². The Labute approximate surface area is 158 Å². The van der Waals surface area contributed by atoms with Crippen molar-refractivity contribution in [3.8, 4) is 5.75 Å². The minimum atomic E-state index is -0.151. The van der Waals surface area contributed by atoms with Crippen LogP contribution < -0.4 is 0 Å². The van der Waals surface area contributed by atoms with E-state index in [-0.39, 0.29) is 23.0 Å². The fraction of sp³-hybridized carbons (Fsp3) is 0.667. The molecule has 1 fully saturated rings. The van der Waals surface area contributed by atoms with Crippen molar-refractivity contribution in [1.29, 1.82) is 0 Å². The van der Waals surface area contributed by atoms with Crippen molar-refractivity contribution in [2.75, 3.05) is 13.1 Å². The van der Waals surface area contributed by atoms with E-state index in [0.717, 1.165) is 34.8 Å². The Hall–Kier alpha value is -1.13. The maximum Gasteiger partial charge on any atom is 0.123 e. The van der Waals surface area contributed by atoms with Gasteiger partial charge in [0.1, 0.15) is 10.7 Å². The van der Waals surface area contributed by atoms with Gasteiger partial charge < -0.3 is 14.7 Å². The molecule has 4 heteroatoms. The molecule has 1 heterocycles. The zero-order chi connectivity index (χ0) is 19.2. The van der Waals surface area contributed by atoms with Crippen LogP contribution in [-0.2, 0) is 15.6 Å². The van der Waals surface area contributed by atoms with Crippen LogP contribution in [0.4, 0.5) is 0 Å². The van der Waals surface area contributed by atoms with Crippen LogP contribution in [0.25, 0.3) is 0 Å². The third-order valence-electron chi connectivity index (χ3n) is 4.68. The molecule has 0 radical (unpaired) electrons. The average molecular weight is 364 g/mol. The Morgan fingerprint density at radius 3 is 1.76 bits per heavy atom. The van der Waals surface area contributed by atoms with Crippen molar-refractivity contribution in [2.24, 2.45) is 0 Å². The van der Waals surface area contributed by atoms with E-state index in [1.807, 2.05) is 0 Å². The molecule has 1 saturated heterocycles. The molecular weight excluding hydrogens is 330 g/mol. The van der Waals surface area contributed by atoms with Crippen LogP contribution in [0.15, 0.2) is 12.1 Å². The standard InChI is InChI=1S/C21H33NO2S/c1-13-11-22(12-14(2)24-13)19(25)15-9-16(20(3,4)5)18(23)17(10-15)21(6,7)8/h9-10,13-14,23H,11-12H2,1-8H3. The minimum absolute atomic E-state index is 0.151. The first-order chi connectivity index (χ1) is 11.3. The van der Waals surface area contributed by atoms with E-state index in [1.54, 1.807) is 0 Å². The number of thiocarbonyl (C=S) groups is 1. The Balaban J connectivity index is 2.52. The maximum atomic E-state index is 10.9. The van der Waals surface area contributed by atoms with Gasteiger partial charge in [-0.25, -0.2) is 0 Å². The molecule has 0 spiro atoms. The van der Waals surface area contributed by atoms with E-state index in [0.29, 0.717) is 5.75 Å². The number of phenolic OH excluding ortho intramolecular Hbond substituents is 1. The highest BCUT2D eigenvalue weighted by molar-refractivity contribution is 7.80. The molecule has 2 atom stereocenters. The van der Waals surface area contributed by atoms with Gasteiger partial charge in [-0.15, -0.1) is 0 Å². The van der Waals surface area contributed by atoms with E-state index < -0.39 is 0 Å². The molecule has 1 N–H and O–H groups in total. The second kappa shape index (κ2) is 6.88. The zero-order valence-electron chi connectivity index (χ0n) is 16.9. The van der Waals surface area contributed by atoms with Crippen molar-refractivity contribution in [2.45, 2.75) is 78.4 Å². The number of aromatic hydroxyl groups is 1. The molecule has 1 aromatic carbocycles. The molecule has 1 aliphatic rings. The summed E-state index contributed by atoms with van der Waals surface area (Å²) in [6.45, 7) is 18.5. The van der Waals surface area contributed by atoms with Crippen LogP contribution in [0.5, 0.6) is 5.75 Å². The van der Waals surface area contributed by atoms with Gasteiger partial charge in [0.05, 0.1) is 12.2 Å². The third-order valence-corrected chi connectivity index (χ3v) is 5.17. The largest absolute Gasteiger partial charge is 0.507 e. The Bertz CT molecular complexity index is 610.